The second kappa shape index (κ2) is 1.79. The molecule has 3 heteroatoms. The first kappa shape index (κ1) is 6.40. The van der Waals surface area contributed by atoms with Crippen molar-refractivity contribution in [1.82, 2.24) is 10.2 Å². The van der Waals surface area contributed by atoms with Crippen molar-refractivity contribution >= 4 is 5.78 Å². The van der Waals surface area contributed by atoms with E-state index in [4.69, 9.17) is 0 Å². The molecule has 2 saturated carbocycles. The van der Waals surface area contributed by atoms with Gasteiger partial charge in [0.15, 0.2) is 0 Å². The van der Waals surface area contributed by atoms with E-state index in [1.165, 1.54) is 12.1 Å². The maximum atomic E-state index is 11.1. The summed E-state index contributed by atoms with van der Waals surface area (Å²) in [6.45, 7) is 0. The zero-order chi connectivity index (χ0) is 8.18. The second-order valence-corrected chi connectivity index (χ2v) is 3.95. The molecule has 0 spiro atoms. The van der Waals surface area contributed by atoms with E-state index in [1.54, 1.807) is 6.20 Å². The van der Waals surface area contributed by atoms with Crippen LogP contribution in [0.1, 0.15) is 25.0 Å². The van der Waals surface area contributed by atoms with E-state index in [2.05, 4.69) is 10.2 Å². The third-order valence-corrected chi connectivity index (χ3v) is 3.26. The number of aromatic amines is 1. The first-order valence-electron chi connectivity index (χ1n) is 4.33. The largest absolute Gasteiger partial charge is 0.300 e. The maximum absolute atomic E-state index is 11.1. The molecule has 62 valence electrons. The summed E-state index contributed by atoms with van der Waals surface area (Å²) in [5, 5.41) is 6.91. The Balaban J connectivity index is 2.00. The lowest BCUT2D eigenvalue weighted by molar-refractivity contribution is -0.118. The highest BCUT2D eigenvalue weighted by molar-refractivity contribution is 5.85. The van der Waals surface area contributed by atoms with Gasteiger partial charge in [0.25, 0.3) is 0 Å². The standard InChI is InChI=1S/C9H10N2O/c12-7-3-6-4-9(6,5-7)8-1-2-10-11-8/h1-2,6H,3-5H2,(H,10,11). The van der Waals surface area contributed by atoms with Crippen LogP contribution in [0.2, 0.25) is 0 Å². The molecular formula is C9H10N2O. The lowest BCUT2D eigenvalue weighted by Crippen LogP contribution is -2.08. The lowest BCUT2D eigenvalue weighted by Gasteiger charge is -2.06. The minimum absolute atomic E-state index is 0.188. The molecular weight excluding hydrogens is 152 g/mol. The number of carbonyl (C=O) groups is 1. The van der Waals surface area contributed by atoms with Crippen molar-refractivity contribution in [3.63, 3.8) is 0 Å². The summed E-state index contributed by atoms with van der Waals surface area (Å²) in [5.41, 5.74) is 1.35. The monoisotopic (exact) mass is 162 g/mol. The minimum Gasteiger partial charge on any atom is -0.300 e. The third kappa shape index (κ3) is 0.618. The molecule has 0 radical (unpaired) electrons. The number of Topliss-reactive ketones (excluding diaryl/α,β-unsaturated/α-hetero) is 1. The number of nitrogens with zero attached hydrogens (tertiary/aromatic N) is 1. The fraction of sp³-hybridized carbons (Fsp3) is 0.556. The summed E-state index contributed by atoms with van der Waals surface area (Å²) < 4.78 is 0. The van der Waals surface area contributed by atoms with Crippen molar-refractivity contribution in [2.75, 3.05) is 0 Å². The number of H-pyrrole nitrogens is 1. The number of nitrogens with one attached hydrogen (secondary N) is 1. The van der Waals surface area contributed by atoms with Crippen molar-refractivity contribution < 1.29 is 4.79 Å². The molecule has 12 heavy (non-hydrogen) atoms. The van der Waals surface area contributed by atoms with Crippen LogP contribution < -0.4 is 0 Å². The van der Waals surface area contributed by atoms with Crippen LogP contribution in [0.25, 0.3) is 0 Å². The first-order valence-corrected chi connectivity index (χ1v) is 4.33. The summed E-state index contributed by atoms with van der Waals surface area (Å²) in [6.07, 6.45) is 4.47. The van der Waals surface area contributed by atoms with Gasteiger partial charge in [-0.1, -0.05) is 0 Å². The van der Waals surface area contributed by atoms with E-state index in [0.717, 1.165) is 12.8 Å². The van der Waals surface area contributed by atoms with Gasteiger partial charge in [0.2, 0.25) is 0 Å². The molecule has 3 nitrogen and oxygen atoms in total. The molecule has 2 aliphatic rings. The topological polar surface area (TPSA) is 45.8 Å². The van der Waals surface area contributed by atoms with Crippen molar-refractivity contribution in [3.05, 3.63) is 18.0 Å². The number of ketones is 1. The Hall–Kier alpha value is -1.12. The number of fused-ring (bicyclic) bond motifs is 1. The van der Waals surface area contributed by atoms with Gasteiger partial charge >= 0.3 is 0 Å². The van der Waals surface area contributed by atoms with Gasteiger partial charge in [0.05, 0.1) is 0 Å². The molecule has 0 bridgehead atoms. The van der Waals surface area contributed by atoms with E-state index in [1.807, 2.05) is 6.07 Å². The molecule has 2 fully saturated rings. The number of hydrogen-bond acceptors (Lipinski definition) is 2. The normalized spacial score (nSPS) is 38.3. The first-order chi connectivity index (χ1) is 5.81. The fourth-order valence-electron chi connectivity index (χ4n) is 2.52. The summed E-state index contributed by atoms with van der Waals surface area (Å²) >= 11 is 0. The maximum Gasteiger partial charge on any atom is 0.134 e. The molecule has 0 saturated heterocycles. The molecule has 0 amide bonds. The second-order valence-electron chi connectivity index (χ2n) is 3.95. The molecule has 2 aliphatic carbocycles. The number of aromatic nitrogens is 2. The van der Waals surface area contributed by atoms with Crippen molar-refractivity contribution in [3.8, 4) is 0 Å². The minimum atomic E-state index is 0.188. The molecule has 1 aromatic rings. The molecule has 2 atom stereocenters. The highest BCUT2D eigenvalue weighted by Gasteiger charge is 2.61. The van der Waals surface area contributed by atoms with Crippen LogP contribution in [-0.2, 0) is 10.2 Å². The zero-order valence-electron chi connectivity index (χ0n) is 6.71. The van der Waals surface area contributed by atoms with Crippen LogP contribution >= 0.6 is 0 Å². The molecule has 1 aromatic heterocycles. The predicted molar refractivity (Wildman–Crippen MR) is 42.6 cm³/mol. The van der Waals surface area contributed by atoms with Gasteiger partial charge in [-0.2, -0.15) is 5.10 Å². The Morgan fingerprint density at radius 1 is 1.67 bits per heavy atom. The SMILES string of the molecule is O=C1CC2CC2(c2ccn[nH]2)C1. The average molecular weight is 162 g/mol. The summed E-state index contributed by atoms with van der Waals surface area (Å²) in [4.78, 5) is 11.1. The van der Waals surface area contributed by atoms with Crippen LogP contribution in [0.4, 0.5) is 0 Å². The molecule has 1 heterocycles. The van der Waals surface area contributed by atoms with Crippen LogP contribution in [0, 0.1) is 5.92 Å². The molecule has 2 unspecified atom stereocenters. The summed E-state index contributed by atoms with van der Waals surface area (Å²) in [7, 11) is 0. The Labute approximate surface area is 70.2 Å². The Kier molecular flexibility index (Phi) is 0.953. The number of rotatable bonds is 1. The number of hydrogen-bond donors (Lipinski definition) is 1. The van der Waals surface area contributed by atoms with E-state index in [9.17, 15) is 4.79 Å². The van der Waals surface area contributed by atoms with Gasteiger partial charge in [0, 0.05) is 30.1 Å². The molecule has 1 N–H and O–H groups in total. The highest BCUT2D eigenvalue weighted by Crippen LogP contribution is 2.62. The van der Waals surface area contributed by atoms with Crippen molar-refractivity contribution in [2.45, 2.75) is 24.7 Å². The van der Waals surface area contributed by atoms with Gasteiger partial charge < -0.3 is 0 Å². The van der Waals surface area contributed by atoms with Crippen LogP contribution in [0.5, 0.6) is 0 Å². The Morgan fingerprint density at radius 2 is 2.58 bits per heavy atom. The molecule has 0 aromatic carbocycles. The van der Waals surface area contributed by atoms with Gasteiger partial charge in [-0.05, 0) is 18.4 Å². The smallest absolute Gasteiger partial charge is 0.134 e. The van der Waals surface area contributed by atoms with Crippen molar-refractivity contribution in [1.29, 1.82) is 0 Å². The Morgan fingerprint density at radius 3 is 3.17 bits per heavy atom. The van der Waals surface area contributed by atoms with E-state index >= 15 is 0 Å². The van der Waals surface area contributed by atoms with Gasteiger partial charge in [-0.25, -0.2) is 0 Å². The fourth-order valence-corrected chi connectivity index (χ4v) is 2.52. The van der Waals surface area contributed by atoms with Crippen LogP contribution in [0.3, 0.4) is 0 Å². The van der Waals surface area contributed by atoms with Crippen LogP contribution in [-0.4, -0.2) is 16.0 Å². The predicted octanol–water partition coefficient (Wildman–Crippen LogP) is 1.03. The third-order valence-electron chi connectivity index (χ3n) is 3.26. The van der Waals surface area contributed by atoms with E-state index in [-0.39, 0.29) is 5.41 Å². The zero-order valence-corrected chi connectivity index (χ0v) is 6.71. The van der Waals surface area contributed by atoms with Gasteiger partial charge in [-0.15, -0.1) is 0 Å². The molecule has 3 rings (SSSR count). The Bertz CT molecular complexity index is 330. The van der Waals surface area contributed by atoms with Gasteiger partial charge in [-0.3, -0.25) is 9.89 Å². The van der Waals surface area contributed by atoms with E-state index in [0.29, 0.717) is 11.7 Å². The average Bonchev–Trinajstić information content (AvgIpc) is 2.56. The summed E-state index contributed by atoms with van der Waals surface area (Å²) in [6, 6.07) is 2.00. The number of carbonyl (C=O) groups excluding carboxylic acids is 1. The highest BCUT2D eigenvalue weighted by atomic mass is 16.1. The van der Waals surface area contributed by atoms with Gasteiger partial charge in [0.1, 0.15) is 5.78 Å². The quantitative estimate of drug-likeness (QED) is 0.670. The van der Waals surface area contributed by atoms with Crippen LogP contribution in [0.15, 0.2) is 12.3 Å². The summed E-state index contributed by atoms with van der Waals surface area (Å²) in [5.74, 6) is 1.03. The lowest BCUT2D eigenvalue weighted by atomic mass is 10.00. The van der Waals surface area contributed by atoms with E-state index < -0.39 is 0 Å². The van der Waals surface area contributed by atoms with Crippen molar-refractivity contribution in [2.24, 2.45) is 5.92 Å². The molecule has 0 aliphatic heterocycles.